The van der Waals surface area contributed by atoms with Crippen LogP contribution in [0.4, 0.5) is 0 Å². The van der Waals surface area contributed by atoms with Gasteiger partial charge in [0.2, 0.25) is 0 Å². The van der Waals surface area contributed by atoms with E-state index in [0.717, 1.165) is 24.5 Å². The summed E-state index contributed by atoms with van der Waals surface area (Å²) in [4.78, 5) is 5.35. The Kier molecular flexibility index (Phi) is 6.11. The molecule has 0 amide bonds. The molecule has 0 aromatic rings. The van der Waals surface area contributed by atoms with Crippen LogP contribution < -0.4 is 5.73 Å². The number of hydrogen-bond donors (Lipinski definition) is 1. The van der Waals surface area contributed by atoms with Crippen molar-refractivity contribution in [2.45, 2.75) is 64.0 Å². The second-order valence-corrected chi connectivity index (χ2v) is 6.59. The van der Waals surface area contributed by atoms with E-state index in [1.165, 1.54) is 64.6 Å². The average molecular weight is 267 g/mol. The van der Waals surface area contributed by atoms with Gasteiger partial charge in [0.15, 0.2) is 0 Å². The summed E-state index contributed by atoms with van der Waals surface area (Å²) < 4.78 is 0. The predicted octanol–water partition coefficient (Wildman–Crippen LogP) is 2.31. The Balaban J connectivity index is 1.86. The summed E-state index contributed by atoms with van der Waals surface area (Å²) in [5.41, 5.74) is 5.95. The smallest absolute Gasteiger partial charge is 0.0135 e. The largest absolute Gasteiger partial charge is 0.330 e. The SMILES string of the molecule is CCCN1CCCC(N(C)C2CCCC2CN)CC1. The van der Waals surface area contributed by atoms with Crippen LogP contribution in [-0.2, 0) is 0 Å². The van der Waals surface area contributed by atoms with Gasteiger partial charge in [0.1, 0.15) is 0 Å². The van der Waals surface area contributed by atoms with Gasteiger partial charge >= 0.3 is 0 Å². The van der Waals surface area contributed by atoms with Gasteiger partial charge in [-0.1, -0.05) is 13.3 Å². The summed E-state index contributed by atoms with van der Waals surface area (Å²) in [6.45, 7) is 7.06. The van der Waals surface area contributed by atoms with E-state index in [1.807, 2.05) is 0 Å². The molecule has 0 spiro atoms. The molecular weight excluding hydrogens is 234 g/mol. The lowest BCUT2D eigenvalue weighted by atomic mass is 9.98. The van der Waals surface area contributed by atoms with Gasteiger partial charge in [-0.3, -0.25) is 0 Å². The zero-order valence-electron chi connectivity index (χ0n) is 13.0. The Labute approximate surface area is 119 Å². The van der Waals surface area contributed by atoms with Crippen LogP contribution in [-0.4, -0.2) is 55.1 Å². The molecule has 0 aromatic carbocycles. The molecule has 1 aliphatic heterocycles. The zero-order chi connectivity index (χ0) is 13.7. The van der Waals surface area contributed by atoms with Gasteiger partial charge in [0, 0.05) is 12.1 Å². The first-order valence-corrected chi connectivity index (χ1v) is 8.40. The van der Waals surface area contributed by atoms with E-state index in [0.29, 0.717) is 0 Å². The highest BCUT2D eigenvalue weighted by atomic mass is 15.2. The first-order valence-electron chi connectivity index (χ1n) is 8.40. The maximum absolute atomic E-state index is 5.95. The van der Waals surface area contributed by atoms with Crippen LogP contribution in [0.3, 0.4) is 0 Å². The topological polar surface area (TPSA) is 32.5 Å². The van der Waals surface area contributed by atoms with E-state index < -0.39 is 0 Å². The third-order valence-electron chi connectivity index (χ3n) is 5.35. The normalized spacial score (nSPS) is 33.8. The summed E-state index contributed by atoms with van der Waals surface area (Å²) in [6, 6.07) is 1.55. The second kappa shape index (κ2) is 7.61. The fourth-order valence-corrected chi connectivity index (χ4v) is 4.18. The van der Waals surface area contributed by atoms with E-state index in [1.54, 1.807) is 0 Å². The van der Waals surface area contributed by atoms with Gasteiger partial charge in [0.25, 0.3) is 0 Å². The molecule has 1 saturated heterocycles. The molecule has 2 fully saturated rings. The van der Waals surface area contributed by atoms with E-state index in [4.69, 9.17) is 5.73 Å². The van der Waals surface area contributed by atoms with Gasteiger partial charge in [0.05, 0.1) is 0 Å². The monoisotopic (exact) mass is 267 g/mol. The molecule has 0 bridgehead atoms. The van der Waals surface area contributed by atoms with Crippen LogP contribution in [0.25, 0.3) is 0 Å². The standard InChI is InChI=1S/C16H33N3/c1-3-10-19-11-5-7-15(9-12-19)18(2)16-8-4-6-14(16)13-17/h14-16H,3-13,17H2,1-2H3. The first-order chi connectivity index (χ1) is 9.26. The lowest BCUT2D eigenvalue weighted by molar-refractivity contribution is 0.129. The van der Waals surface area contributed by atoms with Crippen molar-refractivity contribution < 1.29 is 0 Å². The Bertz CT molecular complexity index is 256. The minimum atomic E-state index is 0.750. The maximum Gasteiger partial charge on any atom is 0.0135 e. The number of nitrogens with zero attached hydrogens (tertiary/aromatic N) is 2. The highest BCUT2D eigenvalue weighted by Crippen LogP contribution is 2.31. The molecule has 3 unspecified atom stereocenters. The number of hydrogen-bond acceptors (Lipinski definition) is 3. The Morgan fingerprint density at radius 2 is 1.95 bits per heavy atom. The van der Waals surface area contributed by atoms with Crippen molar-refractivity contribution in [3.63, 3.8) is 0 Å². The average Bonchev–Trinajstić information content (AvgIpc) is 2.78. The van der Waals surface area contributed by atoms with Gasteiger partial charge in [-0.25, -0.2) is 0 Å². The Morgan fingerprint density at radius 3 is 2.68 bits per heavy atom. The molecule has 3 atom stereocenters. The fraction of sp³-hybridized carbons (Fsp3) is 1.00. The third-order valence-corrected chi connectivity index (χ3v) is 5.35. The summed E-state index contributed by atoms with van der Waals surface area (Å²) in [6.07, 6.45) is 9.49. The molecule has 2 rings (SSSR count). The lowest BCUT2D eigenvalue weighted by Crippen LogP contribution is -2.44. The van der Waals surface area contributed by atoms with Crippen molar-refractivity contribution in [1.82, 2.24) is 9.80 Å². The van der Waals surface area contributed by atoms with E-state index in [2.05, 4.69) is 23.8 Å². The first kappa shape index (κ1) is 15.3. The zero-order valence-corrected chi connectivity index (χ0v) is 13.0. The van der Waals surface area contributed by atoms with Crippen LogP contribution >= 0.6 is 0 Å². The Hall–Kier alpha value is -0.120. The van der Waals surface area contributed by atoms with Crippen LogP contribution in [0.2, 0.25) is 0 Å². The van der Waals surface area contributed by atoms with Crippen LogP contribution in [0.5, 0.6) is 0 Å². The molecular formula is C16H33N3. The minimum absolute atomic E-state index is 0.750. The van der Waals surface area contributed by atoms with Crippen molar-refractivity contribution in [3.05, 3.63) is 0 Å². The number of likely N-dealkylation sites (tertiary alicyclic amines) is 1. The molecule has 2 aliphatic rings. The molecule has 0 radical (unpaired) electrons. The molecule has 0 aromatic heterocycles. The van der Waals surface area contributed by atoms with Crippen molar-refractivity contribution in [2.75, 3.05) is 33.2 Å². The molecule has 3 nitrogen and oxygen atoms in total. The van der Waals surface area contributed by atoms with Crippen molar-refractivity contribution in [1.29, 1.82) is 0 Å². The molecule has 1 aliphatic carbocycles. The van der Waals surface area contributed by atoms with E-state index >= 15 is 0 Å². The second-order valence-electron chi connectivity index (χ2n) is 6.59. The summed E-state index contributed by atoms with van der Waals surface area (Å²) in [5, 5.41) is 0. The summed E-state index contributed by atoms with van der Waals surface area (Å²) >= 11 is 0. The van der Waals surface area contributed by atoms with Crippen LogP contribution in [0.1, 0.15) is 51.9 Å². The fourth-order valence-electron chi connectivity index (χ4n) is 4.18. The molecule has 1 heterocycles. The van der Waals surface area contributed by atoms with Crippen molar-refractivity contribution >= 4 is 0 Å². The van der Waals surface area contributed by atoms with Gasteiger partial charge < -0.3 is 15.5 Å². The molecule has 112 valence electrons. The van der Waals surface area contributed by atoms with Crippen LogP contribution in [0.15, 0.2) is 0 Å². The van der Waals surface area contributed by atoms with E-state index in [-0.39, 0.29) is 0 Å². The van der Waals surface area contributed by atoms with Gasteiger partial charge in [-0.2, -0.15) is 0 Å². The van der Waals surface area contributed by atoms with Gasteiger partial charge in [-0.05, 0) is 77.7 Å². The third kappa shape index (κ3) is 3.93. The minimum Gasteiger partial charge on any atom is -0.330 e. The highest BCUT2D eigenvalue weighted by molar-refractivity contribution is 4.88. The molecule has 19 heavy (non-hydrogen) atoms. The molecule has 3 heteroatoms. The molecule has 1 saturated carbocycles. The van der Waals surface area contributed by atoms with Gasteiger partial charge in [-0.15, -0.1) is 0 Å². The molecule has 2 N–H and O–H groups in total. The summed E-state index contributed by atoms with van der Waals surface area (Å²) in [5.74, 6) is 0.750. The quantitative estimate of drug-likeness (QED) is 0.829. The summed E-state index contributed by atoms with van der Waals surface area (Å²) in [7, 11) is 2.36. The number of nitrogens with two attached hydrogens (primary N) is 1. The lowest BCUT2D eigenvalue weighted by Gasteiger charge is -2.35. The van der Waals surface area contributed by atoms with Crippen molar-refractivity contribution in [2.24, 2.45) is 11.7 Å². The number of rotatable bonds is 5. The van der Waals surface area contributed by atoms with E-state index in [9.17, 15) is 0 Å². The maximum atomic E-state index is 5.95. The Morgan fingerprint density at radius 1 is 1.11 bits per heavy atom. The van der Waals surface area contributed by atoms with Crippen LogP contribution in [0, 0.1) is 5.92 Å². The van der Waals surface area contributed by atoms with Crippen molar-refractivity contribution in [3.8, 4) is 0 Å². The predicted molar refractivity (Wildman–Crippen MR) is 82.3 cm³/mol. The highest BCUT2D eigenvalue weighted by Gasteiger charge is 2.33.